The zero-order valence-corrected chi connectivity index (χ0v) is 13.7. The van der Waals surface area contributed by atoms with Gasteiger partial charge in [0.1, 0.15) is 5.82 Å². The predicted octanol–water partition coefficient (Wildman–Crippen LogP) is 5.22. The van der Waals surface area contributed by atoms with E-state index in [0.717, 1.165) is 29.0 Å². The topological polar surface area (TPSA) is 30.2 Å². The van der Waals surface area contributed by atoms with E-state index in [0.29, 0.717) is 5.92 Å². The number of unbranched alkanes of at least 4 members (excludes halogenated alkanes) is 2. The van der Waals surface area contributed by atoms with E-state index in [4.69, 9.17) is 4.98 Å². The molecule has 0 aliphatic heterocycles. The van der Waals surface area contributed by atoms with Crippen LogP contribution in [-0.4, -0.2) is 14.6 Å². The van der Waals surface area contributed by atoms with Crippen LogP contribution in [0.25, 0.3) is 16.9 Å². The molecule has 2 aromatic heterocycles. The molecular formula is C19H22FN3. The Labute approximate surface area is 136 Å². The second kappa shape index (κ2) is 6.90. The van der Waals surface area contributed by atoms with E-state index in [1.807, 2.05) is 16.6 Å². The van der Waals surface area contributed by atoms with Gasteiger partial charge in [0.05, 0.1) is 11.4 Å². The first-order valence-corrected chi connectivity index (χ1v) is 8.30. The lowest BCUT2D eigenvalue weighted by molar-refractivity contribution is 0.579. The van der Waals surface area contributed by atoms with Crippen LogP contribution < -0.4 is 0 Å². The van der Waals surface area contributed by atoms with Crippen LogP contribution in [-0.2, 0) is 0 Å². The Morgan fingerprint density at radius 3 is 2.65 bits per heavy atom. The molecule has 0 N–H and O–H groups in total. The van der Waals surface area contributed by atoms with E-state index in [1.54, 1.807) is 18.3 Å². The second-order valence-electron chi connectivity index (χ2n) is 6.04. The van der Waals surface area contributed by atoms with Gasteiger partial charge in [-0.1, -0.05) is 33.1 Å². The minimum atomic E-state index is -0.229. The van der Waals surface area contributed by atoms with Gasteiger partial charge in [-0.05, 0) is 42.8 Å². The van der Waals surface area contributed by atoms with Crippen LogP contribution in [0.4, 0.5) is 4.39 Å². The lowest BCUT2D eigenvalue weighted by Gasteiger charge is -2.13. The van der Waals surface area contributed by atoms with Gasteiger partial charge in [0.2, 0.25) is 0 Å². The molecule has 0 amide bonds. The van der Waals surface area contributed by atoms with E-state index in [1.165, 1.54) is 31.4 Å². The van der Waals surface area contributed by atoms with Crippen LogP contribution in [0.1, 0.15) is 51.1 Å². The van der Waals surface area contributed by atoms with Crippen molar-refractivity contribution in [2.24, 2.45) is 0 Å². The van der Waals surface area contributed by atoms with Gasteiger partial charge < -0.3 is 0 Å². The number of fused-ring (bicyclic) bond motifs is 1. The lowest BCUT2D eigenvalue weighted by Crippen LogP contribution is -2.03. The molecule has 3 aromatic rings. The van der Waals surface area contributed by atoms with Crippen LogP contribution in [0.15, 0.2) is 42.6 Å². The molecule has 1 atom stereocenters. The maximum atomic E-state index is 13.2. The van der Waals surface area contributed by atoms with Gasteiger partial charge in [-0.15, -0.1) is 0 Å². The summed E-state index contributed by atoms with van der Waals surface area (Å²) in [6, 6.07) is 10.4. The van der Waals surface area contributed by atoms with E-state index in [-0.39, 0.29) is 5.82 Å². The van der Waals surface area contributed by atoms with Crippen LogP contribution in [0.3, 0.4) is 0 Å². The lowest BCUT2D eigenvalue weighted by atomic mass is 9.96. The molecule has 2 heterocycles. The first-order valence-electron chi connectivity index (χ1n) is 8.30. The SMILES string of the molecule is CCCCCC(C)c1c(-c2ccc(F)cc2)nc2cccnn12. The zero-order chi connectivity index (χ0) is 16.2. The summed E-state index contributed by atoms with van der Waals surface area (Å²) < 4.78 is 15.2. The van der Waals surface area contributed by atoms with Crippen molar-refractivity contribution in [2.75, 3.05) is 0 Å². The number of imidazole rings is 1. The highest BCUT2D eigenvalue weighted by Crippen LogP contribution is 2.32. The number of nitrogens with zero attached hydrogens (tertiary/aromatic N) is 3. The molecule has 0 bridgehead atoms. The molecule has 0 saturated heterocycles. The number of aromatic nitrogens is 3. The Morgan fingerprint density at radius 2 is 1.91 bits per heavy atom. The maximum absolute atomic E-state index is 13.2. The molecule has 3 rings (SSSR count). The Balaban J connectivity index is 2.05. The van der Waals surface area contributed by atoms with E-state index < -0.39 is 0 Å². The molecule has 3 nitrogen and oxygen atoms in total. The largest absolute Gasteiger partial charge is 0.227 e. The Morgan fingerprint density at radius 1 is 1.13 bits per heavy atom. The third-order valence-electron chi connectivity index (χ3n) is 4.25. The van der Waals surface area contributed by atoms with E-state index >= 15 is 0 Å². The van der Waals surface area contributed by atoms with Gasteiger partial charge in [0.25, 0.3) is 0 Å². The fraction of sp³-hybridized carbons (Fsp3) is 0.368. The summed E-state index contributed by atoms with van der Waals surface area (Å²) in [6.45, 7) is 4.44. The highest BCUT2D eigenvalue weighted by Gasteiger charge is 2.20. The zero-order valence-electron chi connectivity index (χ0n) is 13.7. The molecule has 0 spiro atoms. The Kier molecular flexibility index (Phi) is 4.70. The third-order valence-corrected chi connectivity index (χ3v) is 4.25. The van der Waals surface area contributed by atoms with E-state index in [2.05, 4.69) is 18.9 Å². The number of hydrogen-bond acceptors (Lipinski definition) is 2. The highest BCUT2D eigenvalue weighted by molar-refractivity contribution is 5.66. The number of halogens is 1. The molecule has 1 unspecified atom stereocenters. The highest BCUT2D eigenvalue weighted by atomic mass is 19.1. The van der Waals surface area contributed by atoms with Crippen molar-refractivity contribution in [3.05, 3.63) is 54.1 Å². The standard InChI is InChI=1S/C19H22FN3/c1-3-4-5-7-14(2)19-18(15-9-11-16(20)12-10-15)22-17-8-6-13-21-23(17)19/h6,8-14H,3-5,7H2,1-2H3. The molecule has 23 heavy (non-hydrogen) atoms. The van der Waals surface area contributed by atoms with Crippen molar-refractivity contribution >= 4 is 5.65 Å². The number of benzene rings is 1. The van der Waals surface area contributed by atoms with Crippen LogP contribution in [0.2, 0.25) is 0 Å². The van der Waals surface area contributed by atoms with Crippen molar-refractivity contribution in [1.82, 2.24) is 14.6 Å². The fourth-order valence-corrected chi connectivity index (χ4v) is 3.01. The van der Waals surface area contributed by atoms with Gasteiger partial charge in [-0.2, -0.15) is 5.10 Å². The molecule has 4 heteroatoms. The minimum Gasteiger partial charge on any atom is -0.227 e. The van der Waals surface area contributed by atoms with E-state index in [9.17, 15) is 4.39 Å². The van der Waals surface area contributed by atoms with Crippen molar-refractivity contribution in [2.45, 2.75) is 45.4 Å². The van der Waals surface area contributed by atoms with Crippen molar-refractivity contribution < 1.29 is 4.39 Å². The minimum absolute atomic E-state index is 0.229. The fourth-order valence-electron chi connectivity index (χ4n) is 3.01. The maximum Gasteiger partial charge on any atom is 0.154 e. The molecule has 0 radical (unpaired) electrons. The first kappa shape index (κ1) is 15.7. The van der Waals surface area contributed by atoms with Crippen molar-refractivity contribution in [1.29, 1.82) is 0 Å². The van der Waals surface area contributed by atoms with Gasteiger partial charge in [0.15, 0.2) is 5.65 Å². The molecule has 1 aromatic carbocycles. The monoisotopic (exact) mass is 311 g/mol. The van der Waals surface area contributed by atoms with Gasteiger partial charge in [0, 0.05) is 17.7 Å². The summed E-state index contributed by atoms with van der Waals surface area (Å²) in [5, 5.41) is 4.47. The van der Waals surface area contributed by atoms with Gasteiger partial charge >= 0.3 is 0 Å². The summed E-state index contributed by atoms with van der Waals surface area (Å²) in [5.74, 6) is 0.125. The van der Waals surface area contributed by atoms with Crippen LogP contribution in [0.5, 0.6) is 0 Å². The summed E-state index contributed by atoms with van der Waals surface area (Å²) in [5.41, 5.74) is 3.80. The Hall–Kier alpha value is -2.23. The normalized spacial score (nSPS) is 12.7. The molecule has 0 fully saturated rings. The summed E-state index contributed by atoms with van der Waals surface area (Å²) in [6.07, 6.45) is 6.53. The van der Waals surface area contributed by atoms with Crippen molar-refractivity contribution in [3.63, 3.8) is 0 Å². The van der Waals surface area contributed by atoms with Gasteiger partial charge in [-0.25, -0.2) is 13.9 Å². The smallest absolute Gasteiger partial charge is 0.154 e. The quantitative estimate of drug-likeness (QED) is 0.584. The predicted molar refractivity (Wildman–Crippen MR) is 90.9 cm³/mol. The summed E-state index contributed by atoms with van der Waals surface area (Å²) >= 11 is 0. The van der Waals surface area contributed by atoms with Crippen LogP contribution >= 0.6 is 0 Å². The first-order chi connectivity index (χ1) is 11.2. The molecule has 120 valence electrons. The Bertz CT molecular complexity index is 777. The van der Waals surface area contributed by atoms with Crippen LogP contribution in [0, 0.1) is 5.82 Å². The number of hydrogen-bond donors (Lipinski definition) is 0. The number of rotatable bonds is 6. The summed E-state index contributed by atoms with van der Waals surface area (Å²) in [4.78, 5) is 4.74. The average molecular weight is 311 g/mol. The molecule has 0 saturated carbocycles. The average Bonchev–Trinajstić information content (AvgIpc) is 2.95. The molecular weight excluding hydrogens is 289 g/mol. The molecule has 0 aliphatic rings. The molecule has 0 aliphatic carbocycles. The second-order valence-corrected chi connectivity index (χ2v) is 6.04. The summed E-state index contributed by atoms with van der Waals surface area (Å²) in [7, 11) is 0. The van der Waals surface area contributed by atoms with Gasteiger partial charge in [-0.3, -0.25) is 0 Å². The third kappa shape index (κ3) is 3.26. The van der Waals surface area contributed by atoms with Crippen molar-refractivity contribution in [3.8, 4) is 11.3 Å².